The van der Waals surface area contributed by atoms with Crippen molar-refractivity contribution in [1.29, 1.82) is 0 Å². The topological polar surface area (TPSA) is 83.6 Å². The second-order valence-electron chi connectivity index (χ2n) is 6.59. The molecule has 0 spiro atoms. The van der Waals surface area contributed by atoms with Crippen LogP contribution >= 0.6 is 0 Å². The maximum absolute atomic E-state index is 12.7. The van der Waals surface area contributed by atoms with Gasteiger partial charge in [0.05, 0.1) is 14.7 Å². The first-order valence-electron chi connectivity index (χ1n) is 9.02. The smallest absolute Gasteiger partial charge is 0.240 e. The van der Waals surface area contributed by atoms with Crippen LogP contribution in [0.3, 0.4) is 0 Å². The average Bonchev–Trinajstić information content (AvgIpc) is 3.20. The maximum atomic E-state index is 12.7. The van der Waals surface area contributed by atoms with E-state index in [1.54, 1.807) is 18.2 Å². The summed E-state index contributed by atoms with van der Waals surface area (Å²) in [6.45, 7) is 3.34. The molecule has 0 amide bonds. The zero-order chi connectivity index (χ0) is 19.3. The van der Waals surface area contributed by atoms with Crippen molar-refractivity contribution in [3.05, 3.63) is 54.6 Å². The lowest BCUT2D eigenvalue weighted by Gasteiger charge is -2.14. The number of hydrogen-bond acceptors (Lipinski definition) is 5. The van der Waals surface area contributed by atoms with Crippen molar-refractivity contribution in [2.75, 3.05) is 26.2 Å². The highest BCUT2D eigenvalue weighted by Gasteiger charge is 2.21. The molecule has 6 nitrogen and oxygen atoms in total. The van der Waals surface area contributed by atoms with E-state index in [9.17, 15) is 16.8 Å². The van der Waals surface area contributed by atoms with Crippen LogP contribution in [0.4, 0.5) is 0 Å². The van der Waals surface area contributed by atoms with E-state index in [2.05, 4.69) is 9.62 Å². The van der Waals surface area contributed by atoms with Gasteiger partial charge in [-0.1, -0.05) is 24.3 Å². The van der Waals surface area contributed by atoms with Crippen molar-refractivity contribution in [1.82, 2.24) is 9.62 Å². The van der Waals surface area contributed by atoms with E-state index in [0.717, 1.165) is 26.1 Å². The molecule has 1 fully saturated rings. The van der Waals surface area contributed by atoms with Crippen molar-refractivity contribution in [3.63, 3.8) is 0 Å². The Hall–Kier alpha value is -1.74. The molecule has 1 heterocycles. The molecule has 1 aliphatic rings. The van der Waals surface area contributed by atoms with Gasteiger partial charge in [0.15, 0.2) is 0 Å². The quantitative estimate of drug-likeness (QED) is 0.678. The van der Waals surface area contributed by atoms with Gasteiger partial charge in [0.2, 0.25) is 19.9 Å². The monoisotopic (exact) mass is 408 g/mol. The summed E-state index contributed by atoms with van der Waals surface area (Å²) in [5.74, 6) is 0. The van der Waals surface area contributed by atoms with E-state index >= 15 is 0 Å². The largest absolute Gasteiger partial charge is 0.303 e. The van der Waals surface area contributed by atoms with Crippen LogP contribution in [0.5, 0.6) is 0 Å². The van der Waals surface area contributed by atoms with Crippen molar-refractivity contribution in [3.8, 4) is 0 Å². The van der Waals surface area contributed by atoms with E-state index in [0.29, 0.717) is 6.54 Å². The molecule has 2 aromatic carbocycles. The number of benzene rings is 2. The predicted octanol–water partition coefficient (Wildman–Crippen LogP) is 2.28. The zero-order valence-electron chi connectivity index (χ0n) is 15.0. The Bertz CT molecular complexity index is 968. The van der Waals surface area contributed by atoms with Crippen molar-refractivity contribution in [2.24, 2.45) is 0 Å². The van der Waals surface area contributed by atoms with Crippen molar-refractivity contribution < 1.29 is 16.8 Å². The zero-order valence-corrected chi connectivity index (χ0v) is 16.7. The van der Waals surface area contributed by atoms with E-state index < -0.39 is 19.9 Å². The molecule has 2 aromatic rings. The van der Waals surface area contributed by atoms with E-state index in [-0.39, 0.29) is 14.7 Å². The molecule has 8 heteroatoms. The molecule has 0 atom stereocenters. The summed E-state index contributed by atoms with van der Waals surface area (Å²) in [7, 11) is -7.51. The molecule has 27 heavy (non-hydrogen) atoms. The Morgan fingerprint density at radius 2 is 1.44 bits per heavy atom. The summed E-state index contributed by atoms with van der Waals surface area (Å²) < 4.78 is 53.0. The fraction of sp³-hybridized carbons (Fsp3) is 0.368. The lowest BCUT2D eigenvalue weighted by Crippen LogP contribution is -2.28. The Morgan fingerprint density at radius 1 is 0.815 bits per heavy atom. The molecule has 1 N–H and O–H groups in total. The molecule has 0 aliphatic carbocycles. The first-order chi connectivity index (χ1) is 12.9. The third kappa shape index (κ3) is 4.95. The summed E-state index contributed by atoms with van der Waals surface area (Å²) in [4.78, 5) is 2.38. The normalized spacial score (nSPS) is 15.9. The van der Waals surface area contributed by atoms with Crippen molar-refractivity contribution >= 4 is 19.9 Å². The molecular formula is C19H24N2O4S2. The highest BCUT2D eigenvalue weighted by molar-refractivity contribution is 7.91. The molecule has 0 unspecified atom stereocenters. The van der Waals surface area contributed by atoms with Crippen LogP contribution in [0.25, 0.3) is 0 Å². The van der Waals surface area contributed by atoms with Gasteiger partial charge in [-0.25, -0.2) is 21.6 Å². The number of hydrogen-bond donors (Lipinski definition) is 1. The van der Waals surface area contributed by atoms with Crippen molar-refractivity contribution in [2.45, 2.75) is 33.9 Å². The maximum Gasteiger partial charge on any atom is 0.240 e. The van der Waals surface area contributed by atoms with E-state index in [1.165, 1.54) is 49.2 Å². The van der Waals surface area contributed by atoms with Gasteiger partial charge in [0.1, 0.15) is 0 Å². The Morgan fingerprint density at radius 3 is 2.15 bits per heavy atom. The van der Waals surface area contributed by atoms with Gasteiger partial charge < -0.3 is 4.90 Å². The number of rotatable bonds is 8. The molecule has 0 bridgehead atoms. The molecule has 0 aromatic heterocycles. The first-order valence-corrected chi connectivity index (χ1v) is 12.0. The Balaban J connectivity index is 1.70. The van der Waals surface area contributed by atoms with E-state index in [1.807, 2.05) is 0 Å². The number of likely N-dealkylation sites (tertiary alicyclic amines) is 1. The third-order valence-electron chi connectivity index (χ3n) is 4.62. The molecule has 146 valence electrons. The highest BCUT2D eigenvalue weighted by Crippen LogP contribution is 2.23. The average molecular weight is 409 g/mol. The summed E-state index contributed by atoms with van der Waals surface area (Å²) in [6, 6.07) is 13.5. The van der Waals surface area contributed by atoms with Crippen LogP contribution in [0.15, 0.2) is 69.3 Å². The van der Waals surface area contributed by atoms with E-state index in [4.69, 9.17) is 0 Å². The Kier molecular flexibility index (Phi) is 6.31. The molecule has 1 aliphatic heterocycles. The SMILES string of the molecule is O=S(=O)(NCCCN1CCCC1)c1cccc(S(=O)(=O)c2ccccc2)c1. The van der Waals surface area contributed by atoms with Crippen LogP contribution in [0.1, 0.15) is 19.3 Å². The summed E-state index contributed by atoms with van der Waals surface area (Å²) in [5.41, 5.74) is 0. The fourth-order valence-electron chi connectivity index (χ4n) is 3.14. The number of nitrogens with zero attached hydrogens (tertiary/aromatic N) is 1. The Labute approximate surface area is 161 Å². The first kappa shape index (κ1) is 20.0. The molecule has 1 saturated heterocycles. The van der Waals surface area contributed by atoms with Gasteiger partial charge >= 0.3 is 0 Å². The van der Waals surface area contributed by atoms with Gasteiger partial charge in [-0.2, -0.15) is 0 Å². The molecular weight excluding hydrogens is 384 g/mol. The molecule has 3 rings (SSSR count). The molecule has 0 radical (unpaired) electrons. The van der Waals surface area contributed by atoms with Crippen LogP contribution < -0.4 is 4.72 Å². The van der Waals surface area contributed by atoms with Gasteiger partial charge in [0.25, 0.3) is 0 Å². The minimum atomic E-state index is -3.76. The highest BCUT2D eigenvalue weighted by atomic mass is 32.2. The lowest BCUT2D eigenvalue weighted by atomic mass is 10.4. The second-order valence-corrected chi connectivity index (χ2v) is 10.3. The number of nitrogens with one attached hydrogen (secondary N) is 1. The lowest BCUT2D eigenvalue weighted by molar-refractivity contribution is 0.334. The fourth-order valence-corrected chi connectivity index (χ4v) is 5.66. The number of sulfonamides is 1. The van der Waals surface area contributed by atoms with Crippen LogP contribution in [-0.2, 0) is 19.9 Å². The number of sulfone groups is 1. The summed E-state index contributed by atoms with van der Waals surface area (Å²) >= 11 is 0. The predicted molar refractivity (Wildman–Crippen MR) is 104 cm³/mol. The molecule has 0 saturated carbocycles. The summed E-state index contributed by atoms with van der Waals surface area (Å²) in [6.07, 6.45) is 3.13. The van der Waals surface area contributed by atoms with Gasteiger partial charge in [-0.15, -0.1) is 0 Å². The standard InChI is InChI=1S/C19H24N2O4S2/c22-26(23,17-8-2-1-3-9-17)18-10-6-11-19(16-18)27(24,25)20-12-7-15-21-13-4-5-14-21/h1-3,6,8-11,16,20H,4-5,7,12-15H2. The summed E-state index contributed by atoms with van der Waals surface area (Å²) in [5, 5.41) is 0. The minimum Gasteiger partial charge on any atom is -0.303 e. The third-order valence-corrected chi connectivity index (χ3v) is 7.85. The minimum absolute atomic E-state index is 0.0337. The van der Waals surface area contributed by atoms with Crippen LogP contribution in [0, 0.1) is 0 Å². The van der Waals surface area contributed by atoms with Gasteiger partial charge in [0, 0.05) is 6.54 Å². The van der Waals surface area contributed by atoms with Crippen LogP contribution in [0.2, 0.25) is 0 Å². The van der Waals surface area contributed by atoms with Gasteiger partial charge in [-0.3, -0.25) is 0 Å². The van der Waals surface area contributed by atoms with Crippen LogP contribution in [-0.4, -0.2) is 47.9 Å². The second kappa shape index (κ2) is 8.52. The van der Waals surface area contributed by atoms with Gasteiger partial charge in [-0.05, 0) is 69.2 Å².